The first kappa shape index (κ1) is 13.2. The van der Waals surface area contributed by atoms with Crippen molar-refractivity contribution >= 4 is 0 Å². The number of hydrogen-bond acceptors (Lipinski definition) is 4. The molecule has 2 aromatic heterocycles. The minimum Gasteiger partial charge on any atom is -0.297 e. The summed E-state index contributed by atoms with van der Waals surface area (Å²) in [6, 6.07) is 2.09. The van der Waals surface area contributed by atoms with E-state index in [1.165, 1.54) is 12.8 Å². The number of rotatable bonds is 3. The summed E-state index contributed by atoms with van der Waals surface area (Å²) in [4.78, 5) is 11.4. The summed E-state index contributed by atoms with van der Waals surface area (Å²) < 4.78 is 1.86. The van der Waals surface area contributed by atoms with E-state index in [1.807, 2.05) is 37.2 Å². The number of likely N-dealkylation sites (tertiary alicyclic amines) is 1. The fourth-order valence-electron chi connectivity index (χ4n) is 2.90. The SMILES string of the molecule is Cc1cncc([C@H]2CCCN(Cc3ccn(C)n3)C2)n1. The molecule has 20 heavy (non-hydrogen) atoms. The van der Waals surface area contributed by atoms with E-state index in [1.54, 1.807) is 0 Å². The van der Waals surface area contributed by atoms with Crippen LogP contribution in [0.15, 0.2) is 24.7 Å². The lowest BCUT2D eigenvalue weighted by Gasteiger charge is -2.31. The number of aromatic nitrogens is 4. The van der Waals surface area contributed by atoms with Gasteiger partial charge >= 0.3 is 0 Å². The van der Waals surface area contributed by atoms with Crippen molar-refractivity contribution in [2.24, 2.45) is 7.05 Å². The maximum atomic E-state index is 4.63. The second-order valence-corrected chi connectivity index (χ2v) is 5.64. The minimum atomic E-state index is 0.500. The third-order valence-corrected chi connectivity index (χ3v) is 3.85. The Morgan fingerprint density at radius 3 is 3.00 bits per heavy atom. The summed E-state index contributed by atoms with van der Waals surface area (Å²) in [6.45, 7) is 5.13. The molecule has 3 heterocycles. The Hall–Kier alpha value is -1.75. The van der Waals surface area contributed by atoms with Gasteiger partial charge in [-0.3, -0.25) is 19.5 Å². The summed E-state index contributed by atoms with van der Waals surface area (Å²) >= 11 is 0. The van der Waals surface area contributed by atoms with Crippen molar-refractivity contribution in [1.82, 2.24) is 24.6 Å². The highest BCUT2D eigenvalue weighted by Gasteiger charge is 2.23. The Morgan fingerprint density at radius 1 is 1.35 bits per heavy atom. The first-order valence-electron chi connectivity index (χ1n) is 7.20. The quantitative estimate of drug-likeness (QED) is 0.855. The summed E-state index contributed by atoms with van der Waals surface area (Å²) in [5, 5.41) is 4.46. The number of aryl methyl sites for hydroxylation is 2. The molecule has 5 nitrogen and oxygen atoms in total. The second-order valence-electron chi connectivity index (χ2n) is 5.64. The van der Waals surface area contributed by atoms with Crippen molar-refractivity contribution in [3.8, 4) is 0 Å². The van der Waals surface area contributed by atoms with E-state index in [9.17, 15) is 0 Å². The zero-order chi connectivity index (χ0) is 13.9. The van der Waals surface area contributed by atoms with Gasteiger partial charge in [-0.15, -0.1) is 0 Å². The fraction of sp³-hybridized carbons (Fsp3) is 0.533. The van der Waals surface area contributed by atoms with Crippen LogP contribution in [-0.4, -0.2) is 37.7 Å². The van der Waals surface area contributed by atoms with Crippen LogP contribution in [-0.2, 0) is 13.6 Å². The first-order chi connectivity index (χ1) is 9.70. The molecule has 1 saturated heterocycles. The van der Waals surface area contributed by atoms with Crippen LogP contribution in [0.25, 0.3) is 0 Å². The fourth-order valence-corrected chi connectivity index (χ4v) is 2.90. The van der Waals surface area contributed by atoms with Gasteiger partial charge < -0.3 is 0 Å². The van der Waals surface area contributed by atoms with Gasteiger partial charge in [0.05, 0.1) is 17.1 Å². The molecule has 0 radical (unpaired) electrons. The topological polar surface area (TPSA) is 46.8 Å². The van der Waals surface area contributed by atoms with Crippen molar-refractivity contribution in [1.29, 1.82) is 0 Å². The van der Waals surface area contributed by atoms with Crippen LogP contribution in [0.2, 0.25) is 0 Å². The summed E-state index contributed by atoms with van der Waals surface area (Å²) in [6.07, 6.45) is 8.16. The van der Waals surface area contributed by atoms with Crippen molar-refractivity contribution in [3.63, 3.8) is 0 Å². The average Bonchev–Trinajstić information content (AvgIpc) is 2.84. The molecule has 0 aromatic carbocycles. The van der Waals surface area contributed by atoms with E-state index in [0.717, 1.165) is 36.7 Å². The Balaban J connectivity index is 1.67. The molecule has 0 N–H and O–H groups in total. The predicted molar refractivity (Wildman–Crippen MR) is 77.2 cm³/mol. The molecule has 0 saturated carbocycles. The molecular weight excluding hydrogens is 250 g/mol. The van der Waals surface area contributed by atoms with Crippen LogP contribution in [0.4, 0.5) is 0 Å². The zero-order valence-electron chi connectivity index (χ0n) is 12.2. The highest BCUT2D eigenvalue weighted by atomic mass is 15.3. The van der Waals surface area contributed by atoms with Crippen molar-refractivity contribution in [3.05, 3.63) is 41.7 Å². The summed E-state index contributed by atoms with van der Waals surface area (Å²) in [7, 11) is 1.96. The average molecular weight is 271 g/mol. The van der Waals surface area contributed by atoms with Crippen molar-refractivity contribution in [2.75, 3.05) is 13.1 Å². The molecular formula is C15H21N5. The van der Waals surface area contributed by atoms with Crippen LogP contribution < -0.4 is 0 Å². The van der Waals surface area contributed by atoms with Gasteiger partial charge in [0.15, 0.2) is 0 Å². The maximum absolute atomic E-state index is 4.63. The Morgan fingerprint density at radius 2 is 2.25 bits per heavy atom. The van der Waals surface area contributed by atoms with Gasteiger partial charge in [0, 0.05) is 44.6 Å². The lowest BCUT2D eigenvalue weighted by atomic mass is 9.95. The van der Waals surface area contributed by atoms with Crippen LogP contribution >= 0.6 is 0 Å². The van der Waals surface area contributed by atoms with E-state index in [2.05, 4.69) is 26.0 Å². The molecule has 0 bridgehead atoms. The van der Waals surface area contributed by atoms with Gasteiger partial charge in [0.2, 0.25) is 0 Å². The molecule has 5 heteroatoms. The smallest absolute Gasteiger partial charge is 0.0764 e. The van der Waals surface area contributed by atoms with Crippen LogP contribution in [0, 0.1) is 6.92 Å². The van der Waals surface area contributed by atoms with Gasteiger partial charge in [0.25, 0.3) is 0 Å². The van der Waals surface area contributed by atoms with E-state index < -0.39 is 0 Å². The Bertz CT molecular complexity index is 577. The van der Waals surface area contributed by atoms with Gasteiger partial charge in [-0.05, 0) is 32.4 Å². The van der Waals surface area contributed by atoms with Gasteiger partial charge in [-0.25, -0.2) is 0 Å². The molecule has 0 unspecified atom stereocenters. The lowest BCUT2D eigenvalue weighted by molar-refractivity contribution is 0.196. The second kappa shape index (κ2) is 5.71. The third-order valence-electron chi connectivity index (χ3n) is 3.85. The molecule has 1 atom stereocenters. The monoisotopic (exact) mass is 271 g/mol. The number of piperidine rings is 1. The van der Waals surface area contributed by atoms with Crippen LogP contribution in [0.3, 0.4) is 0 Å². The number of nitrogens with zero attached hydrogens (tertiary/aromatic N) is 5. The van der Waals surface area contributed by atoms with Crippen molar-refractivity contribution < 1.29 is 0 Å². The molecule has 1 aliphatic rings. The lowest BCUT2D eigenvalue weighted by Crippen LogP contribution is -2.34. The third kappa shape index (κ3) is 3.04. The van der Waals surface area contributed by atoms with E-state index in [4.69, 9.17) is 0 Å². The van der Waals surface area contributed by atoms with E-state index in [0.29, 0.717) is 5.92 Å². The van der Waals surface area contributed by atoms with E-state index >= 15 is 0 Å². The molecule has 0 amide bonds. The first-order valence-corrected chi connectivity index (χ1v) is 7.20. The molecule has 0 spiro atoms. The summed E-state index contributed by atoms with van der Waals surface area (Å²) in [5.74, 6) is 0.500. The Labute approximate surface area is 119 Å². The molecule has 1 fully saturated rings. The molecule has 0 aliphatic carbocycles. The normalized spacial score (nSPS) is 20.2. The van der Waals surface area contributed by atoms with Crippen LogP contribution in [0.5, 0.6) is 0 Å². The molecule has 2 aromatic rings. The largest absolute Gasteiger partial charge is 0.297 e. The van der Waals surface area contributed by atoms with Gasteiger partial charge in [0.1, 0.15) is 0 Å². The van der Waals surface area contributed by atoms with Crippen molar-refractivity contribution in [2.45, 2.75) is 32.2 Å². The minimum absolute atomic E-state index is 0.500. The maximum Gasteiger partial charge on any atom is 0.0764 e. The highest BCUT2D eigenvalue weighted by Crippen LogP contribution is 2.26. The van der Waals surface area contributed by atoms with E-state index in [-0.39, 0.29) is 0 Å². The Kier molecular flexibility index (Phi) is 3.78. The number of hydrogen-bond donors (Lipinski definition) is 0. The standard InChI is InChI=1S/C15H21N5/c1-12-8-16-9-15(17-12)13-4-3-6-20(10-13)11-14-5-7-19(2)18-14/h5,7-9,13H,3-4,6,10-11H2,1-2H3/t13-/m0/s1. The predicted octanol–water partition coefficient (Wildman–Crippen LogP) is 1.90. The highest BCUT2D eigenvalue weighted by molar-refractivity contribution is 5.09. The molecule has 3 rings (SSSR count). The summed E-state index contributed by atoms with van der Waals surface area (Å²) in [5.41, 5.74) is 3.28. The van der Waals surface area contributed by atoms with Gasteiger partial charge in [-0.2, -0.15) is 5.10 Å². The van der Waals surface area contributed by atoms with Gasteiger partial charge in [-0.1, -0.05) is 0 Å². The van der Waals surface area contributed by atoms with Crippen LogP contribution in [0.1, 0.15) is 35.8 Å². The molecule has 1 aliphatic heterocycles. The molecule has 106 valence electrons. The zero-order valence-corrected chi connectivity index (χ0v) is 12.2.